The van der Waals surface area contributed by atoms with Crippen molar-refractivity contribution in [3.8, 4) is 5.75 Å². The molecule has 1 aromatic rings. The number of rotatable bonds is 4. The van der Waals surface area contributed by atoms with Gasteiger partial charge in [0, 0.05) is 6.07 Å². The maximum atomic E-state index is 13.0. The maximum absolute atomic E-state index is 13.0. The second-order valence-electron chi connectivity index (χ2n) is 5.37. The zero-order valence-electron chi connectivity index (χ0n) is 11.6. The van der Waals surface area contributed by atoms with Gasteiger partial charge in [-0.3, -0.25) is 4.79 Å². The molecule has 0 amide bonds. The summed E-state index contributed by atoms with van der Waals surface area (Å²) >= 11 is 0. The Labute approximate surface area is 117 Å². The Morgan fingerprint density at radius 1 is 1.35 bits per heavy atom. The van der Waals surface area contributed by atoms with Crippen LogP contribution in [0.2, 0.25) is 0 Å². The van der Waals surface area contributed by atoms with E-state index in [1.54, 1.807) is 0 Å². The molecular weight excluding hydrogens is 264 g/mol. The lowest BCUT2D eigenvalue weighted by Gasteiger charge is -2.26. The van der Waals surface area contributed by atoms with Crippen LogP contribution >= 0.6 is 0 Å². The number of pyridine rings is 1. The van der Waals surface area contributed by atoms with Crippen LogP contribution in [0.1, 0.15) is 45.4 Å². The molecule has 0 radical (unpaired) electrons. The van der Waals surface area contributed by atoms with Crippen molar-refractivity contribution < 1.29 is 18.3 Å². The van der Waals surface area contributed by atoms with Gasteiger partial charge in [-0.15, -0.1) is 0 Å². The van der Waals surface area contributed by atoms with Gasteiger partial charge < -0.3 is 4.74 Å². The summed E-state index contributed by atoms with van der Waals surface area (Å²) in [5.74, 6) is -2.14. The fourth-order valence-corrected chi connectivity index (χ4v) is 2.75. The smallest absolute Gasteiger partial charge is 0.314 e. The molecule has 3 nitrogen and oxygen atoms in total. The van der Waals surface area contributed by atoms with Gasteiger partial charge in [0.1, 0.15) is 0 Å². The van der Waals surface area contributed by atoms with Gasteiger partial charge in [-0.2, -0.15) is 4.39 Å². The summed E-state index contributed by atoms with van der Waals surface area (Å²) in [6, 6.07) is 0.850. The van der Waals surface area contributed by atoms with Crippen LogP contribution in [0.4, 0.5) is 8.78 Å². The lowest BCUT2D eigenvalue weighted by molar-refractivity contribution is -0.140. The zero-order chi connectivity index (χ0) is 14.5. The second-order valence-corrected chi connectivity index (χ2v) is 5.37. The van der Waals surface area contributed by atoms with Gasteiger partial charge in [-0.1, -0.05) is 19.8 Å². The molecule has 0 unspecified atom stereocenters. The van der Waals surface area contributed by atoms with E-state index in [-0.39, 0.29) is 17.6 Å². The minimum atomic E-state index is -1.19. The van der Waals surface area contributed by atoms with Crippen LogP contribution in [-0.4, -0.2) is 11.0 Å². The first kappa shape index (κ1) is 14.9. The summed E-state index contributed by atoms with van der Waals surface area (Å²) < 4.78 is 30.7. The van der Waals surface area contributed by atoms with Crippen molar-refractivity contribution in [2.24, 2.45) is 11.8 Å². The minimum Gasteiger partial charge on any atom is -0.425 e. The van der Waals surface area contributed by atoms with Crippen molar-refractivity contribution in [1.29, 1.82) is 0 Å². The van der Waals surface area contributed by atoms with Gasteiger partial charge in [0.05, 0.1) is 12.1 Å². The van der Waals surface area contributed by atoms with Crippen molar-refractivity contribution >= 4 is 5.97 Å². The molecule has 0 spiro atoms. The van der Waals surface area contributed by atoms with Gasteiger partial charge in [0.25, 0.3) is 0 Å². The molecule has 1 heterocycles. The molecule has 5 heteroatoms. The van der Waals surface area contributed by atoms with Crippen LogP contribution in [0.3, 0.4) is 0 Å². The highest BCUT2D eigenvalue weighted by molar-refractivity contribution is 5.75. The van der Waals surface area contributed by atoms with Crippen LogP contribution < -0.4 is 4.74 Å². The normalized spacial score (nSPS) is 22.6. The molecular formula is C15H19F2NO2. The molecule has 1 aliphatic carbocycles. The predicted octanol–water partition coefficient (Wildman–Crippen LogP) is 3.87. The van der Waals surface area contributed by atoms with E-state index >= 15 is 0 Å². The summed E-state index contributed by atoms with van der Waals surface area (Å²) in [7, 11) is 0. The van der Waals surface area contributed by atoms with Gasteiger partial charge in [-0.05, 0) is 31.6 Å². The highest BCUT2D eigenvalue weighted by Crippen LogP contribution is 2.32. The van der Waals surface area contributed by atoms with Gasteiger partial charge in [0.2, 0.25) is 5.95 Å². The van der Waals surface area contributed by atoms with Crippen molar-refractivity contribution in [2.75, 3.05) is 0 Å². The number of ether oxygens (including phenoxy) is 1. The lowest BCUT2D eigenvalue weighted by Crippen LogP contribution is -2.25. The average Bonchev–Trinajstić information content (AvgIpc) is 2.44. The lowest BCUT2D eigenvalue weighted by atomic mass is 9.80. The number of carbonyl (C=O) groups is 1. The Morgan fingerprint density at radius 2 is 2.05 bits per heavy atom. The molecule has 20 heavy (non-hydrogen) atoms. The van der Waals surface area contributed by atoms with Crippen LogP contribution in [0, 0.1) is 23.6 Å². The highest BCUT2D eigenvalue weighted by atomic mass is 19.2. The van der Waals surface area contributed by atoms with E-state index in [4.69, 9.17) is 4.74 Å². The summed E-state index contributed by atoms with van der Waals surface area (Å²) in [5, 5.41) is 0. The summed E-state index contributed by atoms with van der Waals surface area (Å²) in [6.45, 7) is 2.16. The first-order valence-corrected chi connectivity index (χ1v) is 7.13. The third-order valence-electron chi connectivity index (χ3n) is 3.87. The van der Waals surface area contributed by atoms with E-state index < -0.39 is 11.8 Å². The van der Waals surface area contributed by atoms with E-state index in [0.717, 1.165) is 37.9 Å². The first-order chi connectivity index (χ1) is 9.60. The molecule has 0 bridgehead atoms. The van der Waals surface area contributed by atoms with Crippen molar-refractivity contribution in [2.45, 2.75) is 45.4 Å². The van der Waals surface area contributed by atoms with E-state index in [1.165, 1.54) is 12.8 Å². The van der Waals surface area contributed by atoms with Gasteiger partial charge in [0.15, 0.2) is 11.6 Å². The summed E-state index contributed by atoms with van der Waals surface area (Å²) in [6.07, 6.45) is 7.07. The van der Waals surface area contributed by atoms with E-state index in [0.29, 0.717) is 5.92 Å². The highest BCUT2D eigenvalue weighted by Gasteiger charge is 2.27. The van der Waals surface area contributed by atoms with Gasteiger partial charge >= 0.3 is 5.97 Å². The Hall–Kier alpha value is -1.52. The Bertz CT molecular complexity index is 471. The van der Waals surface area contributed by atoms with Crippen molar-refractivity contribution in [3.63, 3.8) is 0 Å². The predicted molar refractivity (Wildman–Crippen MR) is 70.1 cm³/mol. The Morgan fingerprint density at radius 3 is 2.65 bits per heavy atom. The molecule has 0 aliphatic heterocycles. The Balaban J connectivity index is 1.88. The molecule has 1 aliphatic rings. The third-order valence-corrected chi connectivity index (χ3v) is 3.87. The van der Waals surface area contributed by atoms with Crippen LogP contribution in [-0.2, 0) is 4.79 Å². The number of hydrogen-bond donors (Lipinski definition) is 0. The first-order valence-electron chi connectivity index (χ1n) is 7.13. The molecule has 2 rings (SSSR count). The van der Waals surface area contributed by atoms with E-state index in [2.05, 4.69) is 11.9 Å². The second kappa shape index (κ2) is 6.77. The zero-order valence-corrected chi connectivity index (χ0v) is 11.6. The van der Waals surface area contributed by atoms with Gasteiger partial charge in [-0.25, -0.2) is 9.37 Å². The molecule has 0 saturated heterocycles. The maximum Gasteiger partial charge on any atom is 0.314 e. The van der Waals surface area contributed by atoms with E-state index in [9.17, 15) is 13.6 Å². The number of halogens is 2. The molecule has 0 atom stereocenters. The number of carbonyl (C=O) groups excluding carboxylic acids is 1. The Kier molecular flexibility index (Phi) is 5.04. The quantitative estimate of drug-likeness (QED) is 0.622. The third kappa shape index (κ3) is 3.74. The van der Waals surface area contributed by atoms with E-state index in [1.807, 2.05) is 0 Å². The minimum absolute atomic E-state index is 0.0374. The average molecular weight is 283 g/mol. The molecule has 1 aromatic heterocycles. The molecule has 1 fully saturated rings. The molecule has 1 saturated carbocycles. The number of aromatic nitrogens is 1. The number of nitrogens with zero attached hydrogens (tertiary/aromatic N) is 1. The summed E-state index contributed by atoms with van der Waals surface area (Å²) in [5.41, 5.74) is 0. The molecule has 0 aromatic carbocycles. The fraction of sp³-hybridized carbons (Fsp3) is 0.600. The summed E-state index contributed by atoms with van der Waals surface area (Å²) in [4.78, 5) is 15.2. The van der Waals surface area contributed by atoms with Crippen molar-refractivity contribution in [1.82, 2.24) is 4.98 Å². The largest absolute Gasteiger partial charge is 0.425 e. The molecule has 110 valence electrons. The van der Waals surface area contributed by atoms with Crippen molar-refractivity contribution in [3.05, 3.63) is 24.0 Å². The standard InChI is InChI=1S/C15H19F2NO2/c1-2-3-10-4-6-11(7-5-10)15(19)20-12-8-13(16)14(17)18-9-12/h8-11H,2-7H2,1H3/t10-,11-. The van der Waals surface area contributed by atoms with Crippen LogP contribution in [0.5, 0.6) is 5.75 Å². The van der Waals surface area contributed by atoms with Crippen LogP contribution in [0.15, 0.2) is 12.3 Å². The van der Waals surface area contributed by atoms with Crippen LogP contribution in [0.25, 0.3) is 0 Å². The monoisotopic (exact) mass is 283 g/mol. The number of hydrogen-bond acceptors (Lipinski definition) is 3. The molecule has 0 N–H and O–H groups in total. The topological polar surface area (TPSA) is 39.2 Å². The number of esters is 1. The SMILES string of the molecule is CCC[C@H]1CC[C@H](C(=O)Oc2cnc(F)c(F)c2)CC1. The fourth-order valence-electron chi connectivity index (χ4n) is 2.75.